The molecule has 0 aromatic heterocycles. The summed E-state index contributed by atoms with van der Waals surface area (Å²) in [5.74, 6) is 0.245. The van der Waals surface area contributed by atoms with Gasteiger partial charge in [0.25, 0.3) is 15.9 Å². The van der Waals surface area contributed by atoms with Crippen LogP contribution in [0.25, 0.3) is 0 Å². The number of nitrogens with one attached hydrogen (secondary N) is 2. The molecule has 3 rings (SSSR count). The Hall–Kier alpha value is -3.32. The van der Waals surface area contributed by atoms with Crippen LogP contribution in [-0.2, 0) is 10.0 Å². The van der Waals surface area contributed by atoms with E-state index in [1.807, 2.05) is 32.0 Å². The third kappa shape index (κ3) is 4.80. The molecule has 7 heteroatoms. The van der Waals surface area contributed by atoms with E-state index >= 15 is 0 Å². The van der Waals surface area contributed by atoms with Gasteiger partial charge in [0.2, 0.25) is 0 Å². The Morgan fingerprint density at radius 3 is 2.17 bits per heavy atom. The lowest BCUT2D eigenvalue weighted by Gasteiger charge is -2.13. The number of rotatable bonds is 6. The lowest BCUT2D eigenvalue weighted by atomic mass is 10.1. The minimum absolute atomic E-state index is 0.232. The number of carbonyl (C=O) groups is 1. The van der Waals surface area contributed by atoms with Crippen molar-refractivity contribution >= 4 is 27.3 Å². The molecule has 0 unspecified atom stereocenters. The number of methoxy groups -OCH3 is 1. The first-order valence-electron chi connectivity index (χ1n) is 9.36. The van der Waals surface area contributed by atoms with Gasteiger partial charge in [-0.05, 0) is 79.9 Å². The molecule has 0 fully saturated rings. The van der Waals surface area contributed by atoms with Crippen LogP contribution >= 0.6 is 0 Å². The van der Waals surface area contributed by atoms with Gasteiger partial charge in [-0.2, -0.15) is 0 Å². The quantitative estimate of drug-likeness (QED) is 0.602. The van der Waals surface area contributed by atoms with E-state index in [0.717, 1.165) is 11.1 Å². The van der Waals surface area contributed by atoms with Crippen molar-refractivity contribution in [3.8, 4) is 5.75 Å². The van der Waals surface area contributed by atoms with Gasteiger partial charge >= 0.3 is 0 Å². The standard InChI is InChI=1S/C23H24N2O4S/c1-15-6-12-21(29-4)20(13-15)24-23(26)18-8-10-19(11-9-18)25-30(27,28)22-14-16(2)5-7-17(22)3/h5-14,25H,1-4H3,(H,24,26). The Bertz CT molecular complexity index is 1190. The molecule has 3 aromatic rings. The zero-order chi connectivity index (χ0) is 21.9. The highest BCUT2D eigenvalue weighted by Gasteiger charge is 2.17. The predicted molar refractivity (Wildman–Crippen MR) is 119 cm³/mol. The number of carbonyl (C=O) groups excluding carboxylic acids is 1. The summed E-state index contributed by atoms with van der Waals surface area (Å²) >= 11 is 0. The van der Waals surface area contributed by atoms with Crippen LogP contribution in [0.2, 0.25) is 0 Å². The fraction of sp³-hybridized carbons (Fsp3) is 0.174. The smallest absolute Gasteiger partial charge is 0.262 e. The summed E-state index contributed by atoms with van der Waals surface area (Å²) in [5, 5.41) is 2.82. The molecule has 6 nitrogen and oxygen atoms in total. The van der Waals surface area contributed by atoms with E-state index < -0.39 is 10.0 Å². The largest absolute Gasteiger partial charge is 0.495 e. The molecule has 2 N–H and O–H groups in total. The summed E-state index contributed by atoms with van der Waals surface area (Å²) in [5.41, 5.74) is 3.86. The zero-order valence-electron chi connectivity index (χ0n) is 17.3. The highest BCUT2D eigenvalue weighted by atomic mass is 32.2. The van der Waals surface area contributed by atoms with Crippen LogP contribution in [0.4, 0.5) is 11.4 Å². The van der Waals surface area contributed by atoms with Gasteiger partial charge in [-0.1, -0.05) is 18.2 Å². The van der Waals surface area contributed by atoms with E-state index in [1.54, 1.807) is 49.4 Å². The molecular formula is C23H24N2O4S. The highest BCUT2D eigenvalue weighted by Crippen LogP contribution is 2.26. The number of hydrogen-bond donors (Lipinski definition) is 2. The number of ether oxygens (including phenoxy) is 1. The van der Waals surface area contributed by atoms with Gasteiger partial charge in [-0.25, -0.2) is 8.42 Å². The van der Waals surface area contributed by atoms with Crippen molar-refractivity contribution in [2.24, 2.45) is 0 Å². The van der Waals surface area contributed by atoms with Gasteiger partial charge in [0.15, 0.2) is 0 Å². The van der Waals surface area contributed by atoms with Gasteiger partial charge in [0, 0.05) is 11.3 Å². The highest BCUT2D eigenvalue weighted by molar-refractivity contribution is 7.92. The minimum atomic E-state index is -3.73. The Balaban J connectivity index is 1.77. The molecule has 0 heterocycles. The van der Waals surface area contributed by atoms with Crippen molar-refractivity contribution in [1.29, 1.82) is 0 Å². The fourth-order valence-corrected chi connectivity index (χ4v) is 4.40. The number of aryl methyl sites for hydroxylation is 3. The molecule has 30 heavy (non-hydrogen) atoms. The van der Waals surface area contributed by atoms with Crippen molar-refractivity contribution in [2.45, 2.75) is 25.7 Å². The summed E-state index contributed by atoms with van der Waals surface area (Å²) in [6, 6.07) is 17.0. The molecule has 156 valence electrons. The maximum atomic E-state index is 12.7. The Morgan fingerprint density at radius 1 is 0.867 bits per heavy atom. The molecule has 0 aliphatic carbocycles. The maximum Gasteiger partial charge on any atom is 0.262 e. The van der Waals surface area contributed by atoms with E-state index in [4.69, 9.17) is 4.74 Å². The molecular weight excluding hydrogens is 400 g/mol. The minimum Gasteiger partial charge on any atom is -0.495 e. The van der Waals surface area contributed by atoms with Crippen molar-refractivity contribution in [1.82, 2.24) is 0 Å². The second-order valence-electron chi connectivity index (χ2n) is 7.11. The first kappa shape index (κ1) is 21.4. The van der Waals surface area contributed by atoms with E-state index in [9.17, 15) is 13.2 Å². The molecule has 0 atom stereocenters. The first-order valence-corrected chi connectivity index (χ1v) is 10.8. The average molecular weight is 425 g/mol. The van der Waals surface area contributed by atoms with Crippen LogP contribution in [-0.4, -0.2) is 21.4 Å². The van der Waals surface area contributed by atoms with E-state index in [1.165, 1.54) is 7.11 Å². The van der Waals surface area contributed by atoms with Gasteiger partial charge < -0.3 is 10.1 Å². The SMILES string of the molecule is COc1ccc(C)cc1NC(=O)c1ccc(NS(=O)(=O)c2cc(C)ccc2C)cc1. The lowest BCUT2D eigenvalue weighted by molar-refractivity contribution is 0.102. The van der Waals surface area contributed by atoms with Crippen LogP contribution < -0.4 is 14.8 Å². The number of amides is 1. The summed E-state index contributed by atoms with van der Waals surface area (Å²) in [4.78, 5) is 12.8. The van der Waals surface area contributed by atoms with E-state index in [2.05, 4.69) is 10.0 Å². The Labute approximate surface area is 177 Å². The summed E-state index contributed by atoms with van der Waals surface area (Å²) in [6.45, 7) is 5.52. The molecule has 0 bridgehead atoms. The molecule has 0 saturated carbocycles. The van der Waals surface area contributed by atoms with Gasteiger partial charge in [0.1, 0.15) is 5.75 Å². The van der Waals surface area contributed by atoms with Crippen molar-refractivity contribution in [2.75, 3.05) is 17.1 Å². The zero-order valence-corrected chi connectivity index (χ0v) is 18.1. The summed E-state index contributed by atoms with van der Waals surface area (Å²) < 4.78 is 33.3. The Morgan fingerprint density at radius 2 is 1.50 bits per heavy atom. The molecule has 0 aliphatic rings. The molecule has 3 aromatic carbocycles. The van der Waals surface area contributed by atoms with E-state index in [0.29, 0.717) is 28.3 Å². The molecule has 0 saturated heterocycles. The van der Waals surface area contributed by atoms with Crippen molar-refractivity contribution < 1.29 is 17.9 Å². The molecule has 0 radical (unpaired) electrons. The van der Waals surface area contributed by atoms with Crippen LogP contribution in [0.3, 0.4) is 0 Å². The summed E-state index contributed by atoms with van der Waals surface area (Å²) in [6.07, 6.45) is 0. The van der Waals surface area contributed by atoms with Crippen LogP contribution in [0, 0.1) is 20.8 Å². The average Bonchev–Trinajstić information content (AvgIpc) is 2.70. The van der Waals surface area contributed by atoms with Crippen LogP contribution in [0.15, 0.2) is 65.6 Å². The number of sulfonamides is 1. The maximum absolute atomic E-state index is 12.7. The predicted octanol–water partition coefficient (Wildman–Crippen LogP) is 4.67. The third-order valence-electron chi connectivity index (χ3n) is 4.64. The summed E-state index contributed by atoms with van der Waals surface area (Å²) in [7, 11) is -2.19. The monoisotopic (exact) mass is 424 g/mol. The second kappa shape index (κ2) is 8.59. The van der Waals surface area contributed by atoms with Crippen molar-refractivity contribution in [3.63, 3.8) is 0 Å². The number of benzene rings is 3. The van der Waals surface area contributed by atoms with Gasteiger partial charge in [-0.15, -0.1) is 0 Å². The normalized spacial score (nSPS) is 11.1. The van der Waals surface area contributed by atoms with Crippen molar-refractivity contribution in [3.05, 3.63) is 82.9 Å². The molecule has 0 spiro atoms. The number of hydrogen-bond acceptors (Lipinski definition) is 4. The van der Waals surface area contributed by atoms with E-state index in [-0.39, 0.29) is 10.8 Å². The molecule has 0 aliphatic heterocycles. The van der Waals surface area contributed by atoms with Crippen LogP contribution in [0.5, 0.6) is 5.75 Å². The first-order chi connectivity index (χ1) is 14.2. The van der Waals surface area contributed by atoms with Crippen LogP contribution in [0.1, 0.15) is 27.0 Å². The Kier molecular flexibility index (Phi) is 6.12. The topological polar surface area (TPSA) is 84.5 Å². The third-order valence-corrected chi connectivity index (χ3v) is 6.16. The second-order valence-corrected chi connectivity index (χ2v) is 8.76. The number of anilines is 2. The van der Waals surface area contributed by atoms with Gasteiger partial charge in [0.05, 0.1) is 17.7 Å². The fourth-order valence-electron chi connectivity index (χ4n) is 3.01. The lowest BCUT2D eigenvalue weighted by Crippen LogP contribution is -2.15. The molecule has 1 amide bonds. The van der Waals surface area contributed by atoms with Gasteiger partial charge in [-0.3, -0.25) is 9.52 Å².